The number of benzene rings is 2. The number of aromatic nitrogens is 2. The Labute approximate surface area is 169 Å². The Morgan fingerprint density at radius 2 is 1.96 bits per heavy atom. The molecule has 1 fully saturated rings. The van der Waals surface area contributed by atoms with Gasteiger partial charge in [-0.3, -0.25) is 0 Å². The van der Waals surface area contributed by atoms with Gasteiger partial charge < -0.3 is 10.6 Å². The molecule has 0 bridgehead atoms. The normalized spacial score (nSPS) is 16.3. The number of anilines is 1. The van der Waals surface area contributed by atoms with Crippen molar-refractivity contribution >= 4 is 28.3 Å². The standard InChI is InChI=1S/C22H24ClFN4/c1-13(17-4-3-5-19(23)21(17)24)26-22-18-12-16(15-8-10-25-11-9-15)6-7-20(18)27-14(2)28-22/h3-7,12-13,15,25H,8-11H2,1-2H3,(H,26,27,28)/t13-/m1/s1. The molecular weight excluding hydrogens is 375 g/mol. The summed E-state index contributed by atoms with van der Waals surface area (Å²) in [7, 11) is 0. The molecule has 0 aliphatic carbocycles. The topological polar surface area (TPSA) is 49.8 Å². The maximum atomic E-state index is 14.4. The molecule has 4 rings (SSSR count). The fourth-order valence-corrected chi connectivity index (χ4v) is 4.10. The number of aryl methyl sites for hydroxylation is 1. The van der Waals surface area contributed by atoms with E-state index in [0.29, 0.717) is 17.3 Å². The molecule has 2 aromatic carbocycles. The number of rotatable bonds is 4. The number of fused-ring (bicyclic) bond motifs is 1. The maximum Gasteiger partial charge on any atom is 0.147 e. The molecule has 2 heterocycles. The second-order valence-electron chi connectivity index (χ2n) is 7.43. The molecule has 0 spiro atoms. The van der Waals surface area contributed by atoms with Gasteiger partial charge >= 0.3 is 0 Å². The van der Waals surface area contributed by atoms with Crippen LogP contribution in [0.4, 0.5) is 10.2 Å². The van der Waals surface area contributed by atoms with E-state index in [1.807, 2.05) is 13.8 Å². The van der Waals surface area contributed by atoms with Crippen molar-refractivity contribution in [3.63, 3.8) is 0 Å². The van der Waals surface area contributed by atoms with E-state index >= 15 is 0 Å². The summed E-state index contributed by atoms with van der Waals surface area (Å²) < 4.78 is 14.4. The molecular formula is C22H24ClFN4. The molecule has 1 aromatic heterocycles. The minimum atomic E-state index is -0.394. The Hall–Kier alpha value is -2.24. The molecule has 0 amide bonds. The summed E-state index contributed by atoms with van der Waals surface area (Å²) in [4.78, 5) is 9.19. The number of hydrogen-bond acceptors (Lipinski definition) is 4. The van der Waals surface area contributed by atoms with Crippen molar-refractivity contribution in [2.45, 2.75) is 38.6 Å². The highest BCUT2D eigenvalue weighted by atomic mass is 35.5. The van der Waals surface area contributed by atoms with Crippen LogP contribution in [-0.4, -0.2) is 23.1 Å². The van der Waals surface area contributed by atoms with Crippen LogP contribution in [-0.2, 0) is 0 Å². The van der Waals surface area contributed by atoms with Crippen molar-refractivity contribution in [1.29, 1.82) is 0 Å². The first-order chi connectivity index (χ1) is 13.5. The van der Waals surface area contributed by atoms with Crippen molar-refractivity contribution in [1.82, 2.24) is 15.3 Å². The average molecular weight is 399 g/mol. The summed E-state index contributed by atoms with van der Waals surface area (Å²) >= 11 is 5.95. The van der Waals surface area contributed by atoms with E-state index in [4.69, 9.17) is 11.6 Å². The van der Waals surface area contributed by atoms with Crippen molar-refractivity contribution < 1.29 is 4.39 Å². The number of nitrogens with one attached hydrogen (secondary N) is 2. The Kier molecular flexibility index (Phi) is 5.47. The van der Waals surface area contributed by atoms with Gasteiger partial charge in [0.25, 0.3) is 0 Å². The van der Waals surface area contributed by atoms with Crippen LogP contribution in [0.5, 0.6) is 0 Å². The SMILES string of the molecule is Cc1nc(N[C@H](C)c2cccc(Cl)c2F)c2cc(C3CCNCC3)ccc2n1. The number of halogens is 2. The van der Waals surface area contributed by atoms with E-state index in [1.54, 1.807) is 18.2 Å². The molecule has 1 atom stereocenters. The predicted molar refractivity (Wildman–Crippen MR) is 113 cm³/mol. The van der Waals surface area contributed by atoms with Gasteiger partial charge in [-0.15, -0.1) is 0 Å². The number of piperidine rings is 1. The quantitative estimate of drug-likeness (QED) is 0.620. The maximum absolute atomic E-state index is 14.4. The minimum absolute atomic E-state index is 0.128. The van der Waals surface area contributed by atoms with Crippen molar-refractivity contribution in [2.75, 3.05) is 18.4 Å². The first-order valence-electron chi connectivity index (χ1n) is 9.72. The first kappa shape index (κ1) is 19.1. The van der Waals surface area contributed by atoms with Gasteiger partial charge in [0.1, 0.15) is 17.5 Å². The summed E-state index contributed by atoms with van der Waals surface area (Å²) in [6.45, 7) is 5.87. The molecule has 6 heteroatoms. The van der Waals surface area contributed by atoms with Crippen LogP contribution in [0.15, 0.2) is 36.4 Å². The number of hydrogen-bond donors (Lipinski definition) is 2. The molecule has 1 aliphatic heterocycles. The van der Waals surface area contributed by atoms with Gasteiger partial charge in [0.15, 0.2) is 0 Å². The Bertz CT molecular complexity index is 1000. The van der Waals surface area contributed by atoms with Crippen LogP contribution in [0.1, 0.15) is 48.7 Å². The van der Waals surface area contributed by atoms with Gasteiger partial charge in [-0.1, -0.05) is 29.8 Å². The summed E-state index contributed by atoms with van der Waals surface area (Å²) in [5, 5.41) is 7.89. The lowest BCUT2D eigenvalue weighted by atomic mass is 9.89. The molecule has 2 N–H and O–H groups in total. The van der Waals surface area contributed by atoms with Crippen molar-refractivity contribution in [2.24, 2.45) is 0 Å². The molecule has 4 nitrogen and oxygen atoms in total. The molecule has 0 unspecified atom stereocenters. The molecule has 3 aromatic rings. The lowest BCUT2D eigenvalue weighted by Gasteiger charge is -2.24. The van der Waals surface area contributed by atoms with Gasteiger partial charge in [0, 0.05) is 10.9 Å². The van der Waals surface area contributed by atoms with Crippen LogP contribution < -0.4 is 10.6 Å². The second kappa shape index (κ2) is 8.02. The third kappa shape index (κ3) is 3.82. The summed E-state index contributed by atoms with van der Waals surface area (Å²) in [5.41, 5.74) is 2.73. The molecule has 28 heavy (non-hydrogen) atoms. The average Bonchev–Trinajstić information content (AvgIpc) is 2.70. The summed E-state index contributed by atoms with van der Waals surface area (Å²) in [5.74, 6) is 1.56. The fourth-order valence-electron chi connectivity index (χ4n) is 3.92. The summed E-state index contributed by atoms with van der Waals surface area (Å²) in [6, 6.07) is 11.2. The highest BCUT2D eigenvalue weighted by Crippen LogP contribution is 2.32. The lowest BCUT2D eigenvalue weighted by Crippen LogP contribution is -2.26. The van der Waals surface area contributed by atoms with Crippen molar-refractivity contribution in [3.05, 3.63) is 64.2 Å². The van der Waals surface area contributed by atoms with Gasteiger partial charge in [-0.2, -0.15) is 0 Å². The lowest BCUT2D eigenvalue weighted by molar-refractivity contribution is 0.460. The van der Waals surface area contributed by atoms with E-state index in [-0.39, 0.29) is 11.1 Å². The first-order valence-corrected chi connectivity index (χ1v) is 10.1. The molecule has 146 valence electrons. The van der Waals surface area contributed by atoms with E-state index in [9.17, 15) is 4.39 Å². The van der Waals surface area contributed by atoms with Gasteiger partial charge in [-0.05, 0) is 69.5 Å². The van der Waals surface area contributed by atoms with Crippen LogP contribution in [0.25, 0.3) is 10.9 Å². The molecule has 0 saturated carbocycles. The zero-order valence-electron chi connectivity index (χ0n) is 16.1. The van der Waals surface area contributed by atoms with Crippen LogP contribution in [0.3, 0.4) is 0 Å². The van der Waals surface area contributed by atoms with E-state index < -0.39 is 5.82 Å². The highest BCUT2D eigenvalue weighted by molar-refractivity contribution is 6.30. The summed E-state index contributed by atoms with van der Waals surface area (Å²) in [6.07, 6.45) is 2.26. The molecule has 0 radical (unpaired) electrons. The van der Waals surface area contributed by atoms with E-state index in [2.05, 4.69) is 38.8 Å². The van der Waals surface area contributed by atoms with Crippen LogP contribution >= 0.6 is 11.6 Å². The van der Waals surface area contributed by atoms with Crippen LogP contribution in [0, 0.1) is 12.7 Å². The molecule has 1 aliphatic rings. The monoisotopic (exact) mass is 398 g/mol. The van der Waals surface area contributed by atoms with Crippen LogP contribution in [0.2, 0.25) is 5.02 Å². The van der Waals surface area contributed by atoms with Crippen molar-refractivity contribution in [3.8, 4) is 0 Å². The van der Waals surface area contributed by atoms with Gasteiger partial charge in [-0.25, -0.2) is 14.4 Å². The van der Waals surface area contributed by atoms with Gasteiger partial charge in [0.05, 0.1) is 16.6 Å². The smallest absolute Gasteiger partial charge is 0.147 e. The third-order valence-corrected chi connectivity index (χ3v) is 5.74. The zero-order chi connectivity index (χ0) is 19.7. The number of nitrogens with zero attached hydrogens (tertiary/aromatic N) is 2. The second-order valence-corrected chi connectivity index (χ2v) is 7.84. The van der Waals surface area contributed by atoms with Gasteiger partial charge in [0.2, 0.25) is 0 Å². The highest BCUT2D eigenvalue weighted by Gasteiger charge is 2.19. The zero-order valence-corrected chi connectivity index (χ0v) is 16.9. The Morgan fingerprint density at radius 1 is 1.18 bits per heavy atom. The fraction of sp³-hybridized carbons (Fsp3) is 0.364. The minimum Gasteiger partial charge on any atom is -0.363 e. The predicted octanol–water partition coefficient (Wildman–Crippen LogP) is 5.37. The Balaban J connectivity index is 1.71. The van der Waals surface area contributed by atoms with E-state index in [0.717, 1.165) is 42.7 Å². The Morgan fingerprint density at radius 3 is 2.75 bits per heavy atom. The largest absolute Gasteiger partial charge is 0.363 e. The third-order valence-electron chi connectivity index (χ3n) is 5.44. The molecule has 1 saturated heterocycles. The van der Waals surface area contributed by atoms with E-state index in [1.165, 1.54) is 5.56 Å².